The van der Waals surface area contributed by atoms with Crippen LogP contribution in [0.15, 0.2) is 28.7 Å². The van der Waals surface area contributed by atoms with Gasteiger partial charge < -0.3 is 10.4 Å². The van der Waals surface area contributed by atoms with Crippen LogP contribution < -0.4 is 5.32 Å². The molecule has 0 radical (unpaired) electrons. The Hall–Kier alpha value is -0.380. The molecule has 0 saturated heterocycles. The summed E-state index contributed by atoms with van der Waals surface area (Å²) in [4.78, 5) is 0. The summed E-state index contributed by atoms with van der Waals surface area (Å²) in [6.07, 6.45) is 1.01. The number of benzene rings is 1. The Morgan fingerprint density at radius 3 is 2.29 bits per heavy atom. The normalized spacial score (nSPS) is 16.5. The van der Waals surface area contributed by atoms with Crippen molar-refractivity contribution in [2.45, 2.75) is 39.3 Å². The smallest absolute Gasteiger partial charge is 0.0471 e. The standard InChI is InChI=1S/C14H22BrNO/c1-10(9-17)12(3)16-11(2)8-13-4-6-14(15)7-5-13/h4-7,10-12,16-17H,8-9H2,1-3H3. The summed E-state index contributed by atoms with van der Waals surface area (Å²) in [6.45, 7) is 6.60. The molecule has 0 saturated carbocycles. The fraction of sp³-hybridized carbons (Fsp3) is 0.571. The van der Waals surface area contributed by atoms with Gasteiger partial charge in [-0.2, -0.15) is 0 Å². The van der Waals surface area contributed by atoms with Crippen LogP contribution in [0.25, 0.3) is 0 Å². The molecule has 0 bridgehead atoms. The lowest BCUT2D eigenvalue weighted by Gasteiger charge is -2.24. The second kappa shape index (κ2) is 7.14. The molecular weight excluding hydrogens is 278 g/mol. The summed E-state index contributed by atoms with van der Waals surface area (Å²) >= 11 is 3.44. The zero-order chi connectivity index (χ0) is 12.8. The summed E-state index contributed by atoms with van der Waals surface area (Å²) in [7, 11) is 0. The minimum Gasteiger partial charge on any atom is -0.396 e. The van der Waals surface area contributed by atoms with Gasteiger partial charge >= 0.3 is 0 Å². The number of halogens is 1. The minimum absolute atomic E-state index is 0.235. The van der Waals surface area contributed by atoms with Crippen molar-refractivity contribution in [1.82, 2.24) is 5.32 Å². The number of aliphatic hydroxyl groups is 1. The quantitative estimate of drug-likeness (QED) is 0.846. The molecule has 1 aromatic rings. The maximum Gasteiger partial charge on any atom is 0.0471 e. The third kappa shape index (κ3) is 5.19. The maximum atomic E-state index is 9.09. The van der Waals surface area contributed by atoms with Crippen LogP contribution >= 0.6 is 15.9 Å². The van der Waals surface area contributed by atoms with E-state index in [0.717, 1.165) is 10.9 Å². The Labute approximate surface area is 113 Å². The first-order valence-electron chi connectivity index (χ1n) is 6.14. The molecule has 0 aliphatic rings. The molecule has 0 aliphatic carbocycles. The van der Waals surface area contributed by atoms with Crippen LogP contribution in [0.5, 0.6) is 0 Å². The van der Waals surface area contributed by atoms with Crippen molar-refractivity contribution in [1.29, 1.82) is 0 Å². The van der Waals surface area contributed by atoms with Gasteiger partial charge in [-0.3, -0.25) is 0 Å². The van der Waals surface area contributed by atoms with E-state index >= 15 is 0 Å². The highest BCUT2D eigenvalue weighted by Crippen LogP contribution is 2.12. The van der Waals surface area contributed by atoms with E-state index in [2.05, 4.69) is 66.3 Å². The van der Waals surface area contributed by atoms with Crippen LogP contribution in [0.2, 0.25) is 0 Å². The molecule has 0 fully saturated rings. The number of nitrogens with one attached hydrogen (secondary N) is 1. The van der Waals surface area contributed by atoms with Gasteiger partial charge in [0.25, 0.3) is 0 Å². The Kier molecular flexibility index (Phi) is 6.17. The van der Waals surface area contributed by atoms with Gasteiger partial charge in [0.15, 0.2) is 0 Å². The van der Waals surface area contributed by atoms with Gasteiger partial charge in [-0.25, -0.2) is 0 Å². The topological polar surface area (TPSA) is 32.3 Å². The SMILES string of the molecule is CC(Cc1ccc(Br)cc1)NC(C)C(C)CO. The van der Waals surface area contributed by atoms with Crippen LogP contribution in [-0.2, 0) is 6.42 Å². The monoisotopic (exact) mass is 299 g/mol. The minimum atomic E-state index is 0.235. The van der Waals surface area contributed by atoms with E-state index < -0.39 is 0 Å². The van der Waals surface area contributed by atoms with Gasteiger partial charge in [-0.15, -0.1) is 0 Å². The molecular formula is C14H22BrNO. The molecule has 96 valence electrons. The van der Waals surface area contributed by atoms with Crippen LogP contribution in [-0.4, -0.2) is 23.8 Å². The molecule has 0 aliphatic heterocycles. The third-order valence-corrected chi connectivity index (χ3v) is 3.67. The van der Waals surface area contributed by atoms with Crippen LogP contribution in [0.4, 0.5) is 0 Å². The van der Waals surface area contributed by atoms with Gasteiger partial charge in [0.2, 0.25) is 0 Å². The Balaban J connectivity index is 2.44. The number of hydrogen-bond acceptors (Lipinski definition) is 2. The lowest BCUT2D eigenvalue weighted by atomic mass is 10.0. The lowest BCUT2D eigenvalue weighted by Crippen LogP contribution is -2.40. The summed E-state index contributed by atoms with van der Waals surface area (Å²) in [5.74, 6) is 0.294. The average molecular weight is 300 g/mol. The second-order valence-corrected chi connectivity index (χ2v) is 5.76. The highest BCUT2D eigenvalue weighted by Gasteiger charge is 2.13. The molecule has 0 aromatic heterocycles. The number of hydrogen-bond donors (Lipinski definition) is 2. The zero-order valence-electron chi connectivity index (χ0n) is 10.8. The summed E-state index contributed by atoms with van der Waals surface area (Å²) in [5.41, 5.74) is 1.33. The van der Waals surface area contributed by atoms with Crippen molar-refractivity contribution in [2.24, 2.45) is 5.92 Å². The zero-order valence-corrected chi connectivity index (χ0v) is 12.4. The summed E-state index contributed by atoms with van der Waals surface area (Å²) in [6, 6.07) is 9.18. The predicted molar refractivity (Wildman–Crippen MR) is 76.2 cm³/mol. The first kappa shape index (κ1) is 14.7. The Morgan fingerprint density at radius 2 is 1.76 bits per heavy atom. The highest BCUT2D eigenvalue weighted by molar-refractivity contribution is 9.10. The molecule has 0 amide bonds. The van der Waals surface area contributed by atoms with E-state index in [-0.39, 0.29) is 6.61 Å². The van der Waals surface area contributed by atoms with Gasteiger partial charge in [0, 0.05) is 23.2 Å². The van der Waals surface area contributed by atoms with E-state index in [4.69, 9.17) is 5.11 Å². The fourth-order valence-electron chi connectivity index (χ4n) is 1.80. The lowest BCUT2D eigenvalue weighted by molar-refractivity contribution is 0.202. The van der Waals surface area contributed by atoms with Gasteiger partial charge in [-0.1, -0.05) is 35.0 Å². The van der Waals surface area contributed by atoms with E-state index in [1.807, 2.05) is 0 Å². The van der Waals surface area contributed by atoms with E-state index in [1.165, 1.54) is 5.56 Å². The van der Waals surface area contributed by atoms with Crippen molar-refractivity contribution in [2.75, 3.05) is 6.61 Å². The number of aliphatic hydroxyl groups excluding tert-OH is 1. The summed E-state index contributed by atoms with van der Waals surface area (Å²) < 4.78 is 1.11. The molecule has 1 rings (SSSR count). The van der Waals surface area contributed by atoms with Crippen LogP contribution in [0.3, 0.4) is 0 Å². The van der Waals surface area contributed by atoms with Gasteiger partial charge in [-0.05, 0) is 43.9 Å². The number of rotatable bonds is 6. The van der Waals surface area contributed by atoms with E-state index in [9.17, 15) is 0 Å². The van der Waals surface area contributed by atoms with Crippen molar-refractivity contribution in [3.63, 3.8) is 0 Å². The molecule has 3 heteroatoms. The Morgan fingerprint density at radius 1 is 1.18 bits per heavy atom. The van der Waals surface area contributed by atoms with E-state index in [1.54, 1.807) is 0 Å². The molecule has 2 N–H and O–H groups in total. The predicted octanol–water partition coefficient (Wildman–Crippen LogP) is 2.99. The van der Waals surface area contributed by atoms with Crippen molar-refractivity contribution in [3.8, 4) is 0 Å². The molecule has 3 atom stereocenters. The maximum absolute atomic E-state index is 9.09. The van der Waals surface area contributed by atoms with Gasteiger partial charge in [0.1, 0.15) is 0 Å². The van der Waals surface area contributed by atoms with Gasteiger partial charge in [0.05, 0.1) is 0 Å². The van der Waals surface area contributed by atoms with Crippen molar-refractivity contribution in [3.05, 3.63) is 34.3 Å². The largest absolute Gasteiger partial charge is 0.396 e. The van der Waals surface area contributed by atoms with Crippen LogP contribution in [0.1, 0.15) is 26.3 Å². The van der Waals surface area contributed by atoms with Crippen molar-refractivity contribution < 1.29 is 5.11 Å². The fourth-order valence-corrected chi connectivity index (χ4v) is 2.07. The molecule has 0 heterocycles. The molecule has 17 heavy (non-hydrogen) atoms. The molecule has 1 aromatic carbocycles. The summed E-state index contributed by atoms with van der Waals surface area (Å²) in [5, 5.41) is 12.6. The van der Waals surface area contributed by atoms with E-state index in [0.29, 0.717) is 18.0 Å². The first-order valence-corrected chi connectivity index (χ1v) is 6.93. The first-order chi connectivity index (χ1) is 8.02. The third-order valence-electron chi connectivity index (χ3n) is 3.14. The molecule has 0 spiro atoms. The molecule has 3 unspecified atom stereocenters. The highest BCUT2D eigenvalue weighted by atomic mass is 79.9. The van der Waals surface area contributed by atoms with Crippen LogP contribution in [0, 0.1) is 5.92 Å². The molecule has 2 nitrogen and oxygen atoms in total. The second-order valence-electron chi connectivity index (χ2n) is 4.85. The average Bonchev–Trinajstić information content (AvgIpc) is 2.30. The van der Waals surface area contributed by atoms with Crippen molar-refractivity contribution >= 4 is 15.9 Å². The Bertz CT molecular complexity index is 325.